The normalized spacial score (nSPS) is 17.3. The maximum absolute atomic E-state index is 6.06. The van der Waals surface area contributed by atoms with Crippen LogP contribution in [0.5, 0.6) is 0 Å². The fourth-order valence-corrected chi connectivity index (χ4v) is 4.07. The van der Waals surface area contributed by atoms with Crippen LogP contribution in [0.1, 0.15) is 16.1 Å². The van der Waals surface area contributed by atoms with E-state index in [2.05, 4.69) is 40.6 Å². The van der Waals surface area contributed by atoms with E-state index in [-0.39, 0.29) is 0 Å². The van der Waals surface area contributed by atoms with Crippen molar-refractivity contribution in [3.05, 3.63) is 63.6 Å². The Balaban J connectivity index is 1.44. The molecular formula is C17H15ClN2S. The van der Waals surface area contributed by atoms with E-state index in [0.29, 0.717) is 6.04 Å². The highest BCUT2D eigenvalue weighted by atomic mass is 35.5. The van der Waals surface area contributed by atoms with Crippen molar-refractivity contribution >= 4 is 33.2 Å². The van der Waals surface area contributed by atoms with Gasteiger partial charge >= 0.3 is 0 Å². The Morgan fingerprint density at radius 1 is 1.14 bits per heavy atom. The smallest absolute Gasteiger partial charge is 0.108 e. The summed E-state index contributed by atoms with van der Waals surface area (Å²) in [6.07, 6.45) is 2.14. The van der Waals surface area contributed by atoms with Crippen LogP contribution >= 0.6 is 22.9 Å². The number of benzene rings is 2. The molecule has 3 aromatic rings. The second-order valence-electron chi connectivity index (χ2n) is 5.47. The summed E-state index contributed by atoms with van der Waals surface area (Å²) in [5.41, 5.74) is 3.89. The van der Waals surface area contributed by atoms with Crippen LogP contribution < -0.4 is 5.32 Å². The molecule has 0 fully saturated rings. The van der Waals surface area contributed by atoms with Crippen molar-refractivity contribution in [1.29, 1.82) is 0 Å². The summed E-state index contributed by atoms with van der Waals surface area (Å²) in [6.45, 7) is 0.839. The van der Waals surface area contributed by atoms with Gasteiger partial charge in [-0.3, -0.25) is 0 Å². The summed E-state index contributed by atoms with van der Waals surface area (Å²) in [6, 6.07) is 15.0. The quantitative estimate of drug-likeness (QED) is 0.783. The van der Waals surface area contributed by atoms with Gasteiger partial charge in [-0.15, -0.1) is 11.3 Å². The first-order valence-electron chi connectivity index (χ1n) is 7.13. The fraction of sp³-hybridized carbons (Fsp3) is 0.235. The molecule has 1 heterocycles. The highest BCUT2D eigenvalue weighted by Gasteiger charge is 2.21. The first-order chi connectivity index (χ1) is 10.3. The number of fused-ring (bicyclic) bond motifs is 2. The maximum atomic E-state index is 6.06. The molecule has 1 aliphatic rings. The first kappa shape index (κ1) is 13.3. The van der Waals surface area contributed by atoms with Crippen molar-refractivity contribution in [1.82, 2.24) is 10.3 Å². The molecule has 2 aromatic carbocycles. The molecule has 0 amide bonds. The van der Waals surface area contributed by atoms with Gasteiger partial charge in [-0.2, -0.15) is 0 Å². The Morgan fingerprint density at radius 2 is 2.00 bits per heavy atom. The monoisotopic (exact) mass is 314 g/mol. The third kappa shape index (κ3) is 2.69. The van der Waals surface area contributed by atoms with E-state index in [1.807, 2.05) is 12.1 Å². The minimum absolute atomic E-state index is 0.491. The molecule has 0 aliphatic heterocycles. The van der Waals surface area contributed by atoms with Crippen molar-refractivity contribution in [2.75, 3.05) is 0 Å². The molecule has 21 heavy (non-hydrogen) atoms. The van der Waals surface area contributed by atoms with Crippen molar-refractivity contribution in [3.63, 3.8) is 0 Å². The molecule has 0 bridgehead atoms. The number of hydrogen-bond donors (Lipinski definition) is 1. The van der Waals surface area contributed by atoms with Gasteiger partial charge in [-0.05, 0) is 48.2 Å². The average molecular weight is 315 g/mol. The molecule has 1 aliphatic carbocycles. The van der Waals surface area contributed by atoms with Gasteiger partial charge in [0.1, 0.15) is 5.01 Å². The zero-order chi connectivity index (χ0) is 14.2. The van der Waals surface area contributed by atoms with E-state index in [1.165, 1.54) is 15.8 Å². The van der Waals surface area contributed by atoms with Gasteiger partial charge in [0.15, 0.2) is 0 Å². The highest BCUT2D eigenvalue weighted by Crippen LogP contribution is 2.26. The minimum atomic E-state index is 0.491. The van der Waals surface area contributed by atoms with E-state index in [9.17, 15) is 0 Å². The molecule has 106 valence electrons. The Morgan fingerprint density at radius 3 is 2.90 bits per heavy atom. The van der Waals surface area contributed by atoms with Crippen LogP contribution in [-0.2, 0) is 19.4 Å². The van der Waals surface area contributed by atoms with Gasteiger partial charge in [-0.25, -0.2) is 4.98 Å². The number of hydrogen-bond acceptors (Lipinski definition) is 3. The van der Waals surface area contributed by atoms with Crippen LogP contribution in [0.2, 0.25) is 5.02 Å². The topological polar surface area (TPSA) is 24.9 Å². The lowest BCUT2D eigenvalue weighted by Crippen LogP contribution is -2.28. The van der Waals surface area contributed by atoms with E-state index in [4.69, 9.17) is 11.6 Å². The zero-order valence-corrected chi connectivity index (χ0v) is 13.0. The summed E-state index contributed by atoms with van der Waals surface area (Å²) in [5.74, 6) is 0. The Kier molecular flexibility index (Phi) is 3.42. The molecule has 0 radical (unpaired) electrons. The van der Waals surface area contributed by atoms with Gasteiger partial charge < -0.3 is 5.32 Å². The Bertz CT molecular complexity index is 763. The minimum Gasteiger partial charge on any atom is -0.307 e. The summed E-state index contributed by atoms with van der Waals surface area (Å²) in [5, 5.41) is 5.62. The molecule has 1 N–H and O–H groups in total. The zero-order valence-electron chi connectivity index (χ0n) is 11.5. The summed E-state index contributed by atoms with van der Waals surface area (Å²) in [7, 11) is 0. The van der Waals surface area contributed by atoms with Gasteiger partial charge in [-0.1, -0.05) is 29.8 Å². The van der Waals surface area contributed by atoms with Crippen molar-refractivity contribution in [3.8, 4) is 0 Å². The SMILES string of the molecule is Clc1ccc2c(c1)CC(NCc1nc3ccccc3s1)C2. The molecule has 1 aromatic heterocycles. The molecule has 2 nitrogen and oxygen atoms in total. The van der Waals surface area contributed by atoms with E-state index < -0.39 is 0 Å². The Hall–Kier alpha value is -1.42. The predicted molar refractivity (Wildman–Crippen MR) is 89.1 cm³/mol. The van der Waals surface area contributed by atoms with Crippen LogP contribution in [0.3, 0.4) is 0 Å². The first-order valence-corrected chi connectivity index (χ1v) is 8.32. The number of halogens is 1. The molecule has 1 atom stereocenters. The van der Waals surface area contributed by atoms with E-state index in [1.54, 1.807) is 11.3 Å². The highest BCUT2D eigenvalue weighted by molar-refractivity contribution is 7.18. The summed E-state index contributed by atoms with van der Waals surface area (Å²) in [4.78, 5) is 4.67. The maximum Gasteiger partial charge on any atom is 0.108 e. The number of thiazole rings is 1. The number of aromatic nitrogens is 1. The third-order valence-corrected chi connectivity index (χ3v) is 5.25. The predicted octanol–water partition coefficient (Wildman–Crippen LogP) is 4.21. The fourth-order valence-electron chi connectivity index (χ4n) is 2.96. The van der Waals surface area contributed by atoms with Gasteiger partial charge in [0.05, 0.1) is 10.2 Å². The lowest BCUT2D eigenvalue weighted by atomic mass is 10.1. The molecule has 0 spiro atoms. The number of nitrogens with zero attached hydrogens (tertiary/aromatic N) is 1. The van der Waals surface area contributed by atoms with Crippen molar-refractivity contribution in [2.24, 2.45) is 0 Å². The van der Waals surface area contributed by atoms with Crippen LogP contribution in [0.4, 0.5) is 0 Å². The molecule has 0 saturated heterocycles. The molecular weight excluding hydrogens is 300 g/mol. The van der Waals surface area contributed by atoms with Crippen LogP contribution in [0.25, 0.3) is 10.2 Å². The van der Waals surface area contributed by atoms with Crippen molar-refractivity contribution < 1.29 is 0 Å². The molecule has 4 heteroatoms. The van der Waals surface area contributed by atoms with Crippen molar-refractivity contribution in [2.45, 2.75) is 25.4 Å². The van der Waals surface area contributed by atoms with E-state index in [0.717, 1.165) is 34.9 Å². The van der Waals surface area contributed by atoms with Gasteiger partial charge in [0.2, 0.25) is 0 Å². The summed E-state index contributed by atoms with van der Waals surface area (Å²) < 4.78 is 1.26. The Labute approximate surface area is 132 Å². The lowest BCUT2D eigenvalue weighted by Gasteiger charge is -2.09. The second kappa shape index (κ2) is 5.41. The van der Waals surface area contributed by atoms with Gasteiger partial charge in [0.25, 0.3) is 0 Å². The molecule has 4 rings (SSSR count). The molecule has 1 unspecified atom stereocenters. The van der Waals surface area contributed by atoms with Gasteiger partial charge in [0, 0.05) is 17.6 Å². The van der Waals surface area contributed by atoms with Crippen LogP contribution in [0, 0.1) is 0 Å². The lowest BCUT2D eigenvalue weighted by molar-refractivity contribution is 0.532. The van der Waals surface area contributed by atoms with E-state index >= 15 is 0 Å². The average Bonchev–Trinajstić information content (AvgIpc) is 3.07. The number of nitrogens with one attached hydrogen (secondary N) is 1. The number of rotatable bonds is 3. The third-order valence-electron chi connectivity index (χ3n) is 3.98. The van der Waals surface area contributed by atoms with Crippen LogP contribution in [0.15, 0.2) is 42.5 Å². The molecule has 0 saturated carbocycles. The standard InChI is InChI=1S/C17H15ClN2S/c18-13-6-5-11-8-14(9-12(11)7-13)19-10-17-20-15-3-1-2-4-16(15)21-17/h1-7,14,19H,8-10H2. The second-order valence-corrected chi connectivity index (χ2v) is 7.03. The largest absolute Gasteiger partial charge is 0.307 e. The number of para-hydroxylation sites is 1. The summed E-state index contributed by atoms with van der Waals surface area (Å²) >= 11 is 7.83. The van der Waals surface area contributed by atoms with Crippen LogP contribution in [-0.4, -0.2) is 11.0 Å².